The van der Waals surface area contributed by atoms with Crippen molar-refractivity contribution in [1.29, 1.82) is 0 Å². The first-order valence-electron chi connectivity index (χ1n) is 11.8. The minimum absolute atomic E-state index is 0.275. The first-order valence-corrected chi connectivity index (χ1v) is 11.8. The number of carbonyl (C=O) groups is 2. The summed E-state index contributed by atoms with van der Waals surface area (Å²) in [6, 6.07) is 6.44. The van der Waals surface area contributed by atoms with Crippen LogP contribution < -0.4 is 0 Å². The summed E-state index contributed by atoms with van der Waals surface area (Å²) >= 11 is 0. The fraction of sp³-hybridized carbons (Fsp3) is 0.615. The summed E-state index contributed by atoms with van der Waals surface area (Å²) in [7, 11) is 0. The molecule has 0 radical (unpaired) electrons. The highest BCUT2D eigenvalue weighted by Crippen LogP contribution is 2.10. The molecule has 0 amide bonds. The van der Waals surface area contributed by atoms with Gasteiger partial charge >= 0.3 is 11.9 Å². The maximum Gasteiger partial charge on any atom is 0.338 e. The molecular formula is C26H40O4. The largest absolute Gasteiger partial charge is 0.462 e. The van der Waals surface area contributed by atoms with Gasteiger partial charge in [-0.25, -0.2) is 9.59 Å². The Morgan fingerprint density at radius 3 is 1.77 bits per heavy atom. The Morgan fingerprint density at radius 1 is 0.667 bits per heavy atom. The third-order valence-electron chi connectivity index (χ3n) is 5.04. The molecule has 0 N–H and O–H groups in total. The Balaban J connectivity index is 2.18. The Morgan fingerprint density at radius 2 is 1.17 bits per heavy atom. The van der Waals surface area contributed by atoms with Gasteiger partial charge in [0.15, 0.2) is 0 Å². The van der Waals surface area contributed by atoms with Crippen molar-refractivity contribution in [2.75, 3.05) is 13.2 Å². The number of hydrogen-bond acceptors (Lipinski definition) is 4. The Kier molecular flexibility index (Phi) is 15.3. The molecule has 0 saturated carbocycles. The molecular weight excluding hydrogens is 376 g/mol. The lowest BCUT2D eigenvalue weighted by molar-refractivity contribution is 0.0494. The van der Waals surface area contributed by atoms with Gasteiger partial charge in [0.2, 0.25) is 0 Å². The third-order valence-corrected chi connectivity index (χ3v) is 5.04. The van der Waals surface area contributed by atoms with Crippen molar-refractivity contribution in [3.8, 4) is 0 Å². The lowest BCUT2D eigenvalue weighted by atomic mass is 10.1. The van der Waals surface area contributed by atoms with E-state index in [9.17, 15) is 9.59 Å². The van der Waals surface area contributed by atoms with Gasteiger partial charge < -0.3 is 9.47 Å². The smallest absolute Gasteiger partial charge is 0.338 e. The molecule has 0 aliphatic heterocycles. The molecule has 4 nitrogen and oxygen atoms in total. The number of benzene rings is 1. The molecule has 1 aromatic carbocycles. The van der Waals surface area contributed by atoms with Crippen LogP contribution in [0.4, 0.5) is 0 Å². The second kappa shape index (κ2) is 17.7. The van der Waals surface area contributed by atoms with Crippen molar-refractivity contribution in [2.24, 2.45) is 0 Å². The highest BCUT2D eigenvalue weighted by molar-refractivity contribution is 5.93. The monoisotopic (exact) mass is 416 g/mol. The van der Waals surface area contributed by atoms with Crippen molar-refractivity contribution in [3.63, 3.8) is 0 Å². The van der Waals surface area contributed by atoms with Crippen LogP contribution in [0.1, 0.15) is 112 Å². The van der Waals surface area contributed by atoms with Gasteiger partial charge in [-0.2, -0.15) is 0 Å². The number of ether oxygens (including phenoxy) is 2. The Bertz CT molecular complexity index is 604. The molecule has 0 aliphatic carbocycles. The maximum absolute atomic E-state index is 12.1. The quantitative estimate of drug-likeness (QED) is 0.152. The fourth-order valence-corrected chi connectivity index (χ4v) is 3.13. The van der Waals surface area contributed by atoms with Crippen LogP contribution in [0.25, 0.3) is 0 Å². The summed E-state index contributed by atoms with van der Waals surface area (Å²) in [5, 5.41) is 0. The zero-order valence-electron chi connectivity index (χ0n) is 19.0. The molecule has 168 valence electrons. The van der Waals surface area contributed by atoms with Crippen LogP contribution in [0.3, 0.4) is 0 Å². The zero-order chi connectivity index (χ0) is 21.9. The average molecular weight is 417 g/mol. The van der Waals surface area contributed by atoms with Gasteiger partial charge in [-0.15, -0.1) is 0 Å². The summed E-state index contributed by atoms with van der Waals surface area (Å²) in [5.41, 5.74) is 0.895. The predicted molar refractivity (Wildman–Crippen MR) is 123 cm³/mol. The fourth-order valence-electron chi connectivity index (χ4n) is 3.13. The van der Waals surface area contributed by atoms with Crippen LogP contribution >= 0.6 is 0 Å². The average Bonchev–Trinajstić information content (AvgIpc) is 2.77. The van der Waals surface area contributed by atoms with E-state index in [1.165, 1.54) is 44.9 Å². The number of carbonyl (C=O) groups excluding carboxylic acids is 2. The molecule has 0 bridgehead atoms. The zero-order valence-corrected chi connectivity index (χ0v) is 19.0. The van der Waals surface area contributed by atoms with E-state index in [4.69, 9.17) is 9.47 Å². The summed E-state index contributed by atoms with van der Waals surface area (Å²) in [5.74, 6) is -0.727. The topological polar surface area (TPSA) is 52.6 Å². The normalized spacial score (nSPS) is 11.0. The van der Waals surface area contributed by atoms with Crippen LogP contribution in [0.5, 0.6) is 0 Å². The highest BCUT2D eigenvalue weighted by Gasteiger charge is 2.10. The van der Waals surface area contributed by atoms with E-state index in [0.717, 1.165) is 32.1 Å². The second-order valence-electron chi connectivity index (χ2n) is 7.75. The van der Waals surface area contributed by atoms with Gasteiger partial charge in [0.05, 0.1) is 17.7 Å². The van der Waals surface area contributed by atoms with Crippen LogP contribution in [0.2, 0.25) is 0 Å². The molecule has 30 heavy (non-hydrogen) atoms. The molecule has 4 heteroatoms. The van der Waals surface area contributed by atoms with Crippen molar-refractivity contribution in [1.82, 2.24) is 0 Å². The van der Waals surface area contributed by atoms with E-state index in [2.05, 4.69) is 19.9 Å². The number of allylic oxidation sites excluding steroid dienone is 1. The lowest BCUT2D eigenvalue weighted by Crippen LogP contribution is -2.08. The molecule has 1 rings (SSSR count). The maximum atomic E-state index is 12.1. The molecule has 0 aliphatic rings. The molecule has 0 fully saturated rings. The molecule has 0 spiro atoms. The summed E-state index contributed by atoms with van der Waals surface area (Å²) < 4.78 is 10.5. The minimum atomic E-state index is -0.380. The van der Waals surface area contributed by atoms with Crippen molar-refractivity contribution in [3.05, 3.63) is 47.5 Å². The lowest BCUT2D eigenvalue weighted by Gasteiger charge is -2.06. The Hall–Kier alpha value is -2.10. The van der Waals surface area contributed by atoms with E-state index in [-0.39, 0.29) is 18.5 Å². The molecule has 0 aromatic heterocycles. The number of rotatable bonds is 17. The van der Waals surface area contributed by atoms with Gasteiger partial charge in [0.25, 0.3) is 0 Å². The second-order valence-corrected chi connectivity index (χ2v) is 7.75. The predicted octanol–water partition coefficient (Wildman–Crippen LogP) is 7.28. The molecule has 0 saturated heterocycles. The van der Waals surface area contributed by atoms with Crippen LogP contribution in [0.15, 0.2) is 36.4 Å². The van der Waals surface area contributed by atoms with Crippen molar-refractivity contribution >= 4 is 11.9 Å². The highest BCUT2D eigenvalue weighted by atomic mass is 16.5. The minimum Gasteiger partial charge on any atom is -0.462 e. The standard InChI is InChI=1S/C26H40O4/c1-3-5-7-9-10-11-12-13-14-16-22-30-26(28)24-19-17-23(18-20-24)25(27)29-21-15-8-6-4-2/h14,16-20H,3-13,15,21-22H2,1-2H3/b16-14+. The van der Waals surface area contributed by atoms with E-state index in [1.54, 1.807) is 24.3 Å². The molecule has 0 unspecified atom stereocenters. The SMILES string of the molecule is CCCCCCCCC/C=C/COC(=O)c1ccc(C(=O)OCCCCCC)cc1. The number of unbranched alkanes of at least 4 members (excludes halogenated alkanes) is 10. The molecule has 0 heterocycles. The third kappa shape index (κ3) is 12.5. The summed E-state index contributed by atoms with van der Waals surface area (Å²) in [4.78, 5) is 24.1. The molecule has 1 aromatic rings. The van der Waals surface area contributed by atoms with Gasteiger partial charge in [0, 0.05) is 0 Å². The summed E-state index contributed by atoms with van der Waals surface area (Å²) in [6.45, 7) is 5.09. The van der Waals surface area contributed by atoms with Gasteiger partial charge in [-0.3, -0.25) is 0 Å². The summed E-state index contributed by atoms with van der Waals surface area (Å²) in [6.07, 6.45) is 18.4. The van der Waals surface area contributed by atoms with E-state index in [1.807, 2.05) is 6.08 Å². The van der Waals surface area contributed by atoms with Crippen LogP contribution in [-0.2, 0) is 9.47 Å². The van der Waals surface area contributed by atoms with Crippen LogP contribution in [-0.4, -0.2) is 25.2 Å². The number of esters is 2. The molecule has 0 atom stereocenters. The van der Waals surface area contributed by atoms with Gasteiger partial charge in [0.1, 0.15) is 6.61 Å². The first-order chi connectivity index (χ1) is 14.7. The van der Waals surface area contributed by atoms with Gasteiger partial charge in [-0.05, 0) is 43.5 Å². The van der Waals surface area contributed by atoms with E-state index < -0.39 is 0 Å². The van der Waals surface area contributed by atoms with Gasteiger partial charge in [-0.1, -0.05) is 83.8 Å². The number of hydrogen-bond donors (Lipinski definition) is 0. The van der Waals surface area contributed by atoms with Crippen LogP contribution in [0, 0.1) is 0 Å². The first kappa shape index (κ1) is 25.9. The van der Waals surface area contributed by atoms with E-state index in [0.29, 0.717) is 17.7 Å². The van der Waals surface area contributed by atoms with Crippen molar-refractivity contribution in [2.45, 2.75) is 90.9 Å². The van der Waals surface area contributed by atoms with E-state index >= 15 is 0 Å². The van der Waals surface area contributed by atoms with Crippen molar-refractivity contribution < 1.29 is 19.1 Å². The Labute approximate surface area is 183 Å².